The van der Waals surface area contributed by atoms with Gasteiger partial charge in [-0.15, -0.1) is 0 Å². The highest BCUT2D eigenvalue weighted by Gasteiger charge is 2.25. The summed E-state index contributed by atoms with van der Waals surface area (Å²) in [6.45, 7) is 6.27. The van der Waals surface area contributed by atoms with Gasteiger partial charge in [0, 0.05) is 32.2 Å². The quantitative estimate of drug-likeness (QED) is 0.798. The Kier molecular flexibility index (Phi) is 7.33. The molecule has 6 heteroatoms. The zero-order valence-corrected chi connectivity index (χ0v) is 18.1. The Labute approximate surface area is 178 Å². The zero-order chi connectivity index (χ0) is 21.5. The summed E-state index contributed by atoms with van der Waals surface area (Å²) in [5.74, 6) is 0.938. The third-order valence-electron chi connectivity index (χ3n) is 5.57. The van der Waals surface area contributed by atoms with Gasteiger partial charge in [0.2, 0.25) is 5.91 Å². The van der Waals surface area contributed by atoms with Gasteiger partial charge < -0.3 is 19.9 Å². The molecule has 1 heterocycles. The lowest BCUT2D eigenvalue weighted by atomic mass is 10.1. The number of nitrogens with one attached hydrogen (secondary N) is 1. The summed E-state index contributed by atoms with van der Waals surface area (Å²) in [5.41, 5.74) is 3.32. The van der Waals surface area contributed by atoms with E-state index in [2.05, 4.69) is 5.32 Å². The van der Waals surface area contributed by atoms with E-state index in [9.17, 15) is 9.59 Å². The van der Waals surface area contributed by atoms with Gasteiger partial charge >= 0.3 is 6.03 Å². The lowest BCUT2D eigenvalue weighted by molar-refractivity contribution is -0.131. The van der Waals surface area contributed by atoms with E-state index in [0.717, 1.165) is 28.9 Å². The van der Waals surface area contributed by atoms with Gasteiger partial charge in [-0.25, -0.2) is 4.79 Å². The van der Waals surface area contributed by atoms with Crippen LogP contribution in [0.2, 0.25) is 0 Å². The first-order valence-electron chi connectivity index (χ1n) is 10.5. The SMILES string of the molecule is COc1cccc(CC(C)NC(=O)N2CCN(C(=O)Cc3ccccc3C)CC2)c1. The van der Waals surface area contributed by atoms with Crippen molar-refractivity contribution in [3.05, 3.63) is 65.2 Å². The molecule has 1 fully saturated rings. The van der Waals surface area contributed by atoms with Crippen molar-refractivity contribution in [3.63, 3.8) is 0 Å². The van der Waals surface area contributed by atoms with Crippen LogP contribution in [0.4, 0.5) is 4.79 Å². The van der Waals surface area contributed by atoms with Gasteiger partial charge in [-0.2, -0.15) is 0 Å². The highest BCUT2D eigenvalue weighted by atomic mass is 16.5. The second kappa shape index (κ2) is 10.1. The second-order valence-electron chi connectivity index (χ2n) is 7.88. The van der Waals surface area contributed by atoms with E-state index in [-0.39, 0.29) is 18.0 Å². The van der Waals surface area contributed by atoms with E-state index >= 15 is 0 Å². The number of carbonyl (C=O) groups is 2. The first kappa shape index (κ1) is 21.7. The van der Waals surface area contributed by atoms with Gasteiger partial charge in [0.25, 0.3) is 0 Å². The number of amides is 3. The Bertz CT molecular complexity index is 876. The fraction of sp³-hybridized carbons (Fsp3) is 0.417. The lowest BCUT2D eigenvalue weighted by Gasteiger charge is -2.35. The summed E-state index contributed by atoms with van der Waals surface area (Å²) in [6, 6.07) is 15.8. The van der Waals surface area contributed by atoms with Crippen molar-refractivity contribution in [1.82, 2.24) is 15.1 Å². The van der Waals surface area contributed by atoms with E-state index in [1.807, 2.05) is 67.3 Å². The summed E-state index contributed by atoms with van der Waals surface area (Å²) in [4.78, 5) is 28.9. The molecule has 3 rings (SSSR count). The van der Waals surface area contributed by atoms with E-state index in [0.29, 0.717) is 32.6 Å². The predicted octanol–water partition coefficient (Wildman–Crippen LogP) is 3.03. The molecule has 1 aliphatic heterocycles. The normalized spacial score (nSPS) is 14.9. The first-order valence-corrected chi connectivity index (χ1v) is 10.5. The maximum Gasteiger partial charge on any atom is 0.317 e. The number of rotatable bonds is 6. The van der Waals surface area contributed by atoms with Crippen LogP contribution in [0.5, 0.6) is 5.75 Å². The van der Waals surface area contributed by atoms with Gasteiger partial charge in [0.1, 0.15) is 5.75 Å². The molecule has 0 aliphatic carbocycles. The average Bonchev–Trinajstić information content (AvgIpc) is 2.75. The highest BCUT2D eigenvalue weighted by Crippen LogP contribution is 2.14. The minimum Gasteiger partial charge on any atom is -0.497 e. The van der Waals surface area contributed by atoms with E-state index in [1.54, 1.807) is 12.0 Å². The number of hydrogen-bond acceptors (Lipinski definition) is 3. The van der Waals surface area contributed by atoms with Crippen LogP contribution in [0.25, 0.3) is 0 Å². The lowest BCUT2D eigenvalue weighted by Crippen LogP contribution is -2.54. The number of benzene rings is 2. The fourth-order valence-corrected chi connectivity index (χ4v) is 3.75. The van der Waals surface area contributed by atoms with Gasteiger partial charge in [0.05, 0.1) is 13.5 Å². The molecule has 6 nitrogen and oxygen atoms in total. The monoisotopic (exact) mass is 409 g/mol. The number of carbonyl (C=O) groups excluding carboxylic acids is 2. The summed E-state index contributed by atoms with van der Waals surface area (Å²) in [5, 5.41) is 3.07. The molecule has 30 heavy (non-hydrogen) atoms. The van der Waals surface area contributed by atoms with Crippen molar-refractivity contribution in [2.75, 3.05) is 33.3 Å². The van der Waals surface area contributed by atoms with E-state index in [1.165, 1.54) is 0 Å². The Morgan fingerprint density at radius 3 is 2.43 bits per heavy atom. The van der Waals surface area contributed by atoms with Gasteiger partial charge in [-0.1, -0.05) is 36.4 Å². The van der Waals surface area contributed by atoms with Crippen molar-refractivity contribution in [2.24, 2.45) is 0 Å². The van der Waals surface area contributed by atoms with Crippen LogP contribution in [0.1, 0.15) is 23.6 Å². The molecule has 1 atom stereocenters. The van der Waals surface area contributed by atoms with Crippen LogP contribution >= 0.6 is 0 Å². The molecule has 2 aromatic carbocycles. The van der Waals surface area contributed by atoms with Crippen LogP contribution in [0, 0.1) is 6.92 Å². The summed E-state index contributed by atoms with van der Waals surface area (Å²) in [7, 11) is 1.65. The van der Waals surface area contributed by atoms with Gasteiger partial charge in [-0.05, 0) is 49.1 Å². The largest absolute Gasteiger partial charge is 0.497 e. The maximum absolute atomic E-state index is 12.6. The Balaban J connectivity index is 1.45. The number of hydrogen-bond donors (Lipinski definition) is 1. The summed E-state index contributed by atoms with van der Waals surface area (Å²) >= 11 is 0. The summed E-state index contributed by atoms with van der Waals surface area (Å²) in [6.07, 6.45) is 1.15. The molecular weight excluding hydrogens is 378 g/mol. The van der Waals surface area contributed by atoms with Crippen molar-refractivity contribution in [1.29, 1.82) is 0 Å². The third-order valence-corrected chi connectivity index (χ3v) is 5.57. The zero-order valence-electron chi connectivity index (χ0n) is 18.1. The number of urea groups is 1. The van der Waals surface area contributed by atoms with Crippen LogP contribution in [0.3, 0.4) is 0 Å². The number of piperazine rings is 1. The van der Waals surface area contributed by atoms with Crippen molar-refractivity contribution in [2.45, 2.75) is 32.7 Å². The molecule has 3 amide bonds. The molecule has 0 radical (unpaired) electrons. The standard InChI is InChI=1S/C24H31N3O3/c1-18-7-4-5-9-21(18)17-23(28)26-11-13-27(14-12-26)24(29)25-19(2)15-20-8-6-10-22(16-20)30-3/h4-10,16,19H,11-15,17H2,1-3H3,(H,25,29). The summed E-state index contributed by atoms with van der Waals surface area (Å²) < 4.78 is 5.26. The topological polar surface area (TPSA) is 61.9 Å². The molecule has 0 saturated carbocycles. The predicted molar refractivity (Wildman–Crippen MR) is 118 cm³/mol. The van der Waals surface area contributed by atoms with E-state index < -0.39 is 0 Å². The van der Waals surface area contributed by atoms with Crippen LogP contribution < -0.4 is 10.1 Å². The molecule has 2 aromatic rings. The molecule has 1 saturated heterocycles. The minimum absolute atomic E-state index is 0.00493. The van der Waals surface area contributed by atoms with E-state index in [4.69, 9.17) is 4.74 Å². The Morgan fingerprint density at radius 1 is 1.03 bits per heavy atom. The fourth-order valence-electron chi connectivity index (χ4n) is 3.75. The van der Waals surface area contributed by atoms with Crippen LogP contribution in [0.15, 0.2) is 48.5 Å². The molecule has 1 aliphatic rings. The van der Waals surface area contributed by atoms with Crippen molar-refractivity contribution >= 4 is 11.9 Å². The average molecular weight is 410 g/mol. The number of methoxy groups -OCH3 is 1. The third kappa shape index (κ3) is 5.75. The minimum atomic E-state index is -0.0728. The van der Waals surface area contributed by atoms with Crippen molar-refractivity contribution in [3.8, 4) is 5.75 Å². The van der Waals surface area contributed by atoms with Crippen LogP contribution in [-0.4, -0.2) is 61.1 Å². The molecule has 0 bridgehead atoms. The molecule has 160 valence electrons. The number of ether oxygens (including phenoxy) is 1. The molecule has 0 aromatic heterocycles. The van der Waals surface area contributed by atoms with Crippen molar-refractivity contribution < 1.29 is 14.3 Å². The first-order chi connectivity index (χ1) is 14.5. The molecule has 0 spiro atoms. The highest BCUT2D eigenvalue weighted by molar-refractivity contribution is 5.80. The van der Waals surface area contributed by atoms with Gasteiger partial charge in [0.15, 0.2) is 0 Å². The number of aryl methyl sites for hydroxylation is 1. The number of nitrogens with zero attached hydrogens (tertiary/aromatic N) is 2. The Morgan fingerprint density at radius 2 is 1.73 bits per heavy atom. The smallest absolute Gasteiger partial charge is 0.317 e. The van der Waals surface area contributed by atoms with Gasteiger partial charge in [-0.3, -0.25) is 4.79 Å². The molecule has 1 unspecified atom stereocenters. The maximum atomic E-state index is 12.6. The van der Waals surface area contributed by atoms with Crippen LogP contribution in [-0.2, 0) is 17.6 Å². The molecular formula is C24H31N3O3. The second-order valence-corrected chi connectivity index (χ2v) is 7.88. The molecule has 1 N–H and O–H groups in total. The Hall–Kier alpha value is -3.02.